The van der Waals surface area contributed by atoms with Crippen molar-refractivity contribution in [2.45, 2.75) is 0 Å². The summed E-state index contributed by atoms with van der Waals surface area (Å²) in [5, 5.41) is 0. The van der Waals surface area contributed by atoms with Gasteiger partial charge in [-0.2, -0.15) is 0 Å². The first-order valence-corrected chi connectivity index (χ1v) is 8.80. The molecule has 0 bridgehead atoms. The molecular formula is C25H18O. The Morgan fingerprint density at radius 1 is 0.577 bits per heavy atom. The SMILES string of the molecule is C1=CC2(C=CC=C3C2=Cc2ccccc23)C2=Cc3ccccc3C2=C1.O. The minimum absolute atomic E-state index is 0. The summed E-state index contributed by atoms with van der Waals surface area (Å²) >= 11 is 0. The molecule has 0 saturated carbocycles. The molecular weight excluding hydrogens is 316 g/mol. The van der Waals surface area contributed by atoms with Gasteiger partial charge >= 0.3 is 0 Å². The highest BCUT2D eigenvalue weighted by Gasteiger charge is 2.43. The van der Waals surface area contributed by atoms with Crippen molar-refractivity contribution in [3.8, 4) is 0 Å². The normalized spacial score (nSPS) is 19.4. The largest absolute Gasteiger partial charge is 0.412 e. The van der Waals surface area contributed by atoms with Crippen LogP contribution in [-0.4, -0.2) is 5.48 Å². The van der Waals surface area contributed by atoms with Crippen LogP contribution in [0.15, 0.2) is 96.1 Å². The Morgan fingerprint density at radius 2 is 1.04 bits per heavy atom. The van der Waals surface area contributed by atoms with E-state index in [0.29, 0.717) is 0 Å². The number of allylic oxidation sites excluding steroid dienone is 10. The fraction of sp³-hybridized carbons (Fsp3) is 0.0400. The molecule has 0 heterocycles. The van der Waals surface area contributed by atoms with Gasteiger partial charge in [0, 0.05) is 0 Å². The van der Waals surface area contributed by atoms with Crippen molar-refractivity contribution in [2.24, 2.45) is 5.41 Å². The Kier molecular flexibility index (Phi) is 3.01. The lowest BCUT2D eigenvalue weighted by molar-refractivity contribution is 0.754. The molecule has 0 saturated heterocycles. The lowest BCUT2D eigenvalue weighted by Crippen LogP contribution is -2.24. The number of fused-ring (bicyclic) bond motifs is 8. The molecule has 2 aromatic carbocycles. The summed E-state index contributed by atoms with van der Waals surface area (Å²) in [6, 6.07) is 17.4. The van der Waals surface area contributed by atoms with Crippen LogP contribution < -0.4 is 0 Å². The highest BCUT2D eigenvalue weighted by molar-refractivity contribution is 6.05. The molecule has 0 atom stereocenters. The summed E-state index contributed by atoms with van der Waals surface area (Å²) in [6.07, 6.45) is 18.4. The van der Waals surface area contributed by atoms with Crippen LogP contribution in [0.3, 0.4) is 0 Å². The van der Waals surface area contributed by atoms with Crippen LogP contribution in [0.2, 0.25) is 0 Å². The van der Waals surface area contributed by atoms with Crippen LogP contribution >= 0.6 is 0 Å². The molecule has 124 valence electrons. The van der Waals surface area contributed by atoms with Gasteiger partial charge in [0.15, 0.2) is 0 Å². The van der Waals surface area contributed by atoms with Gasteiger partial charge in [0.25, 0.3) is 0 Å². The third-order valence-corrected chi connectivity index (χ3v) is 5.82. The van der Waals surface area contributed by atoms with Gasteiger partial charge in [-0.3, -0.25) is 0 Å². The summed E-state index contributed by atoms with van der Waals surface area (Å²) < 4.78 is 0. The Bertz CT molecular complexity index is 1040. The van der Waals surface area contributed by atoms with Gasteiger partial charge in [0.2, 0.25) is 0 Å². The van der Waals surface area contributed by atoms with Crippen molar-refractivity contribution in [3.63, 3.8) is 0 Å². The van der Waals surface area contributed by atoms with Gasteiger partial charge in [-0.25, -0.2) is 0 Å². The quantitative estimate of drug-likeness (QED) is 0.630. The van der Waals surface area contributed by atoms with Crippen molar-refractivity contribution in [2.75, 3.05) is 0 Å². The van der Waals surface area contributed by atoms with Gasteiger partial charge in [0.1, 0.15) is 0 Å². The van der Waals surface area contributed by atoms with E-state index in [4.69, 9.17) is 0 Å². The third kappa shape index (κ3) is 1.73. The number of rotatable bonds is 0. The fourth-order valence-corrected chi connectivity index (χ4v) is 4.69. The first-order chi connectivity index (χ1) is 12.4. The molecule has 6 rings (SSSR count). The van der Waals surface area contributed by atoms with Crippen molar-refractivity contribution in [1.82, 2.24) is 0 Å². The van der Waals surface area contributed by atoms with Crippen molar-refractivity contribution in [3.05, 3.63) is 118 Å². The highest BCUT2D eigenvalue weighted by Crippen LogP contribution is 2.58. The number of benzene rings is 2. The van der Waals surface area contributed by atoms with E-state index in [1.165, 1.54) is 44.5 Å². The second kappa shape index (κ2) is 5.17. The third-order valence-electron chi connectivity index (χ3n) is 5.82. The maximum absolute atomic E-state index is 2.38. The van der Waals surface area contributed by atoms with Crippen LogP contribution in [0.5, 0.6) is 0 Å². The van der Waals surface area contributed by atoms with Crippen LogP contribution in [0.25, 0.3) is 23.3 Å². The Balaban J connectivity index is 0.00000150. The minimum Gasteiger partial charge on any atom is -0.412 e. The molecule has 0 radical (unpaired) electrons. The molecule has 4 aliphatic rings. The summed E-state index contributed by atoms with van der Waals surface area (Å²) in [5.41, 5.74) is 10.7. The smallest absolute Gasteiger partial charge is 0.0581 e. The molecule has 0 amide bonds. The van der Waals surface area contributed by atoms with E-state index >= 15 is 0 Å². The Morgan fingerprint density at radius 3 is 1.54 bits per heavy atom. The van der Waals surface area contributed by atoms with E-state index in [1.807, 2.05) is 0 Å². The number of hydrogen-bond donors (Lipinski definition) is 0. The average Bonchev–Trinajstić information content (AvgIpc) is 3.23. The van der Waals surface area contributed by atoms with E-state index in [0.717, 1.165) is 0 Å². The molecule has 0 unspecified atom stereocenters. The molecule has 2 N–H and O–H groups in total. The summed E-state index contributed by atoms with van der Waals surface area (Å²) in [5.74, 6) is 0. The van der Waals surface area contributed by atoms with Crippen LogP contribution in [0.1, 0.15) is 22.3 Å². The second-order valence-corrected chi connectivity index (χ2v) is 7.04. The first-order valence-electron chi connectivity index (χ1n) is 8.80. The molecule has 0 aromatic heterocycles. The zero-order valence-corrected chi connectivity index (χ0v) is 14.2. The lowest BCUT2D eigenvalue weighted by atomic mass is 9.65. The summed E-state index contributed by atoms with van der Waals surface area (Å²) in [7, 11) is 0. The first kappa shape index (κ1) is 15.1. The molecule has 1 spiro atoms. The predicted octanol–water partition coefficient (Wildman–Crippen LogP) is 5.25. The monoisotopic (exact) mass is 334 g/mol. The maximum Gasteiger partial charge on any atom is 0.0581 e. The van der Waals surface area contributed by atoms with Crippen LogP contribution in [0.4, 0.5) is 0 Å². The predicted molar refractivity (Wildman–Crippen MR) is 109 cm³/mol. The zero-order valence-electron chi connectivity index (χ0n) is 14.2. The van der Waals surface area contributed by atoms with Gasteiger partial charge in [-0.1, -0.05) is 85.0 Å². The van der Waals surface area contributed by atoms with E-state index in [2.05, 4.69) is 97.1 Å². The molecule has 0 aliphatic heterocycles. The number of hydrogen-bond acceptors (Lipinski definition) is 0. The second-order valence-electron chi connectivity index (χ2n) is 7.04. The Labute approximate surface area is 153 Å². The van der Waals surface area contributed by atoms with Gasteiger partial charge in [0.05, 0.1) is 5.41 Å². The topological polar surface area (TPSA) is 31.5 Å². The van der Waals surface area contributed by atoms with Gasteiger partial charge in [-0.15, -0.1) is 0 Å². The zero-order chi connectivity index (χ0) is 16.4. The highest BCUT2D eigenvalue weighted by atomic mass is 16.0. The standard InChI is InChI=1S/C25H16.H2O/c1-3-9-19-17(7-1)15-23-21(19)11-5-13-25(23)14-6-12-22-20-10-4-2-8-18(20)16-24(22)25;/h1-16H;1H2. The van der Waals surface area contributed by atoms with E-state index < -0.39 is 0 Å². The maximum atomic E-state index is 2.38. The Hall–Kier alpha value is -3.16. The van der Waals surface area contributed by atoms with Gasteiger partial charge in [-0.05, 0) is 56.7 Å². The molecule has 1 nitrogen and oxygen atoms in total. The van der Waals surface area contributed by atoms with Crippen molar-refractivity contribution in [1.29, 1.82) is 0 Å². The molecule has 26 heavy (non-hydrogen) atoms. The van der Waals surface area contributed by atoms with E-state index in [1.54, 1.807) is 0 Å². The van der Waals surface area contributed by atoms with E-state index in [-0.39, 0.29) is 10.9 Å². The summed E-state index contributed by atoms with van der Waals surface area (Å²) in [6.45, 7) is 0. The molecule has 0 fully saturated rings. The molecule has 1 heteroatoms. The van der Waals surface area contributed by atoms with Crippen LogP contribution in [-0.2, 0) is 0 Å². The lowest BCUT2D eigenvalue weighted by Gasteiger charge is -2.36. The van der Waals surface area contributed by atoms with E-state index in [9.17, 15) is 0 Å². The van der Waals surface area contributed by atoms with Crippen molar-refractivity contribution >= 4 is 23.3 Å². The molecule has 2 aromatic rings. The minimum atomic E-state index is -0.161. The molecule has 4 aliphatic carbocycles. The van der Waals surface area contributed by atoms with Crippen LogP contribution in [0, 0.1) is 5.41 Å². The van der Waals surface area contributed by atoms with Crippen molar-refractivity contribution < 1.29 is 5.48 Å². The van der Waals surface area contributed by atoms with Gasteiger partial charge < -0.3 is 5.48 Å². The summed E-state index contributed by atoms with van der Waals surface area (Å²) in [4.78, 5) is 0. The average molecular weight is 334 g/mol. The fourth-order valence-electron chi connectivity index (χ4n) is 4.69.